The van der Waals surface area contributed by atoms with Gasteiger partial charge in [-0.25, -0.2) is 0 Å². The predicted molar refractivity (Wildman–Crippen MR) is 96.3 cm³/mol. The summed E-state index contributed by atoms with van der Waals surface area (Å²) in [5, 5.41) is 4.65. The van der Waals surface area contributed by atoms with Crippen molar-refractivity contribution in [3.63, 3.8) is 0 Å². The molecule has 0 saturated heterocycles. The van der Waals surface area contributed by atoms with Gasteiger partial charge in [0.1, 0.15) is 0 Å². The van der Waals surface area contributed by atoms with Crippen molar-refractivity contribution in [3.05, 3.63) is 88.4 Å². The fraction of sp³-hybridized carbons (Fsp3) is 0. The third-order valence-electron chi connectivity index (χ3n) is 3.28. The average Bonchev–Trinajstić information content (AvgIpc) is 3.16. The molecule has 0 bridgehead atoms. The van der Waals surface area contributed by atoms with Crippen LogP contribution in [0.15, 0.2) is 72.4 Å². The zero-order chi connectivity index (χ0) is 16.8. The van der Waals surface area contributed by atoms with E-state index in [1.807, 2.05) is 23.6 Å². The van der Waals surface area contributed by atoms with E-state index in [0.717, 1.165) is 5.56 Å². The van der Waals surface area contributed by atoms with Gasteiger partial charge < -0.3 is 5.32 Å². The van der Waals surface area contributed by atoms with Gasteiger partial charge in [0, 0.05) is 23.6 Å². The van der Waals surface area contributed by atoms with Crippen molar-refractivity contribution < 1.29 is 9.59 Å². The van der Waals surface area contributed by atoms with Crippen LogP contribution in [-0.2, 0) is 0 Å². The molecule has 1 aromatic carbocycles. The fourth-order valence-electron chi connectivity index (χ4n) is 2.06. The highest BCUT2D eigenvalue weighted by Gasteiger charge is 2.07. The SMILES string of the molecule is O=C(C=Cc1cccnc1)c1ccc(NC(=O)c2cccs2)cc1. The van der Waals surface area contributed by atoms with E-state index in [4.69, 9.17) is 0 Å². The van der Waals surface area contributed by atoms with Gasteiger partial charge in [0.15, 0.2) is 5.78 Å². The van der Waals surface area contributed by atoms with Crippen molar-refractivity contribution >= 4 is 34.8 Å². The maximum atomic E-state index is 12.1. The number of ketones is 1. The number of allylic oxidation sites excluding steroid dienone is 1. The van der Waals surface area contributed by atoms with Crippen LogP contribution in [0.5, 0.6) is 0 Å². The van der Waals surface area contributed by atoms with Gasteiger partial charge in [0.2, 0.25) is 0 Å². The predicted octanol–water partition coefficient (Wildman–Crippen LogP) is 4.29. The van der Waals surface area contributed by atoms with Crippen LogP contribution in [0.3, 0.4) is 0 Å². The molecule has 0 aliphatic carbocycles. The van der Waals surface area contributed by atoms with Gasteiger partial charge in [0.05, 0.1) is 4.88 Å². The molecule has 24 heavy (non-hydrogen) atoms. The monoisotopic (exact) mass is 334 g/mol. The van der Waals surface area contributed by atoms with Crippen LogP contribution in [0.2, 0.25) is 0 Å². The minimum atomic E-state index is -0.152. The van der Waals surface area contributed by atoms with Gasteiger partial charge in [-0.05, 0) is 59.5 Å². The first-order valence-corrected chi connectivity index (χ1v) is 8.18. The molecule has 0 aliphatic heterocycles. The number of anilines is 1. The summed E-state index contributed by atoms with van der Waals surface area (Å²) >= 11 is 1.38. The van der Waals surface area contributed by atoms with Crippen molar-refractivity contribution in [2.75, 3.05) is 5.32 Å². The first-order chi connectivity index (χ1) is 11.7. The Morgan fingerprint density at radius 1 is 1.04 bits per heavy atom. The summed E-state index contributed by atoms with van der Waals surface area (Å²) in [7, 11) is 0. The van der Waals surface area contributed by atoms with Crippen LogP contribution in [0.1, 0.15) is 25.6 Å². The van der Waals surface area contributed by atoms with Crippen molar-refractivity contribution in [1.82, 2.24) is 4.98 Å². The van der Waals surface area contributed by atoms with Crippen LogP contribution in [0.25, 0.3) is 6.08 Å². The van der Waals surface area contributed by atoms with Gasteiger partial charge in [0.25, 0.3) is 5.91 Å². The van der Waals surface area contributed by atoms with E-state index in [0.29, 0.717) is 16.1 Å². The average molecular weight is 334 g/mol. The Kier molecular flexibility index (Phi) is 4.93. The largest absolute Gasteiger partial charge is 0.321 e. The number of benzene rings is 1. The lowest BCUT2D eigenvalue weighted by molar-refractivity contribution is 0.102. The molecule has 118 valence electrons. The summed E-state index contributed by atoms with van der Waals surface area (Å²) in [6.07, 6.45) is 6.60. The number of aromatic nitrogens is 1. The quantitative estimate of drug-likeness (QED) is 0.559. The number of hydrogen-bond donors (Lipinski definition) is 1. The Morgan fingerprint density at radius 3 is 2.54 bits per heavy atom. The molecule has 0 radical (unpaired) electrons. The standard InChI is InChI=1S/C19H14N2O2S/c22-17(10-5-14-3-1-11-20-13-14)15-6-8-16(9-7-15)21-19(23)18-4-2-12-24-18/h1-13H,(H,21,23). The van der Waals surface area contributed by atoms with E-state index in [1.54, 1.807) is 48.8 Å². The summed E-state index contributed by atoms with van der Waals surface area (Å²) in [6.45, 7) is 0. The number of nitrogens with one attached hydrogen (secondary N) is 1. The lowest BCUT2D eigenvalue weighted by Crippen LogP contribution is -2.10. The smallest absolute Gasteiger partial charge is 0.265 e. The molecule has 3 rings (SSSR count). The number of carbonyl (C=O) groups is 2. The summed E-state index contributed by atoms with van der Waals surface area (Å²) in [5.41, 5.74) is 2.08. The van der Waals surface area contributed by atoms with Gasteiger partial charge >= 0.3 is 0 Å². The van der Waals surface area contributed by atoms with Gasteiger partial charge in [-0.1, -0.05) is 12.1 Å². The second-order valence-electron chi connectivity index (χ2n) is 4.99. The molecule has 0 atom stereocenters. The van der Waals surface area contributed by atoms with Crippen LogP contribution < -0.4 is 5.32 Å². The van der Waals surface area contributed by atoms with Gasteiger partial charge in [-0.3, -0.25) is 14.6 Å². The molecule has 0 spiro atoms. The molecule has 4 nitrogen and oxygen atoms in total. The highest BCUT2D eigenvalue weighted by Crippen LogP contribution is 2.15. The molecule has 3 aromatic rings. The molecule has 5 heteroatoms. The Labute approximate surface area is 143 Å². The molecule has 1 amide bonds. The molecule has 0 aliphatic rings. The number of nitrogens with zero attached hydrogens (tertiary/aromatic N) is 1. The topological polar surface area (TPSA) is 59.1 Å². The zero-order valence-corrected chi connectivity index (χ0v) is 13.5. The molecule has 0 unspecified atom stereocenters. The van der Waals surface area contributed by atoms with E-state index in [2.05, 4.69) is 10.3 Å². The second kappa shape index (κ2) is 7.48. The number of carbonyl (C=O) groups excluding carboxylic acids is 2. The molecule has 2 heterocycles. The Morgan fingerprint density at radius 2 is 1.88 bits per heavy atom. The van der Waals surface area contributed by atoms with Crippen LogP contribution >= 0.6 is 11.3 Å². The maximum Gasteiger partial charge on any atom is 0.265 e. The molecule has 2 aromatic heterocycles. The molecular formula is C19H14N2O2S. The first kappa shape index (κ1) is 15.8. The molecular weight excluding hydrogens is 320 g/mol. The molecule has 0 saturated carbocycles. The first-order valence-electron chi connectivity index (χ1n) is 7.30. The minimum absolute atomic E-state index is 0.102. The van der Waals surface area contributed by atoms with Gasteiger partial charge in [-0.15, -0.1) is 11.3 Å². The Balaban J connectivity index is 1.64. The maximum absolute atomic E-state index is 12.1. The minimum Gasteiger partial charge on any atom is -0.321 e. The summed E-state index contributed by atoms with van der Waals surface area (Å²) in [6, 6.07) is 14.1. The Hall–Kier alpha value is -3.05. The molecule has 1 N–H and O–H groups in total. The summed E-state index contributed by atoms with van der Waals surface area (Å²) in [5.74, 6) is -0.254. The number of thiophene rings is 1. The van der Waals surface area contributed by atoms with Crippen molar-refractivity contribution in [2.24, 2.45) is 0 Å². The van der Waals surface area contributed by atoms with Crippen LogP contribution in [0.4, 0.5) is 5.69 Å². The van der Waals surface area contributed by atoms with Gasteiger partial charge in [-0.2, -0.15) is 0 Å². The van der Waals surface area contributed by atoms with E-state index in [1.165, 1.54) is 17.4 Å². The Bertz CT molecular complexity index is 854. The van der Waals surface area contributed by atoms with E-state index in [9.17, 15) is 9.59 Å². The van der Waals surface area contributed by atoms with Crippen molar-refractivity contribution in [3.8, 4) is 0 Å². The fourth-order valence-corrected chi connectivity index (χ4v) is 2.68. The lowest BCUT2D eigenvalue weighted by atomic mass is 10.1. The third kappa shape index (κ3) is 4.02. The zero-order valence-electron chi connectivity index (χ0n) is 12.7. The van der Waals surface area contributed by atoms with E-state index in [-0.39, 0.29) is 11.7 Å². The van der Waals surface area contributed by atoms with Crippen LogP contribution in [-0.4, -0.2) is 16.7 Å². The lowest BCUT2D eigenvalue weighted by Gasteiger charge is -2.04. The number of hydrogen-bond acceptors (Lipinski definition) is 4. The molecule has 0 fully saturated rings. The highest BCUT2D eigenvalue weighted by molar-refractivity contribution is 7.12. The number of amides is 1. The van der Waals surface area contributed by atoms with E-state index < -0.39 is 0 Å². The van der Waals surface area contributed by atoms with Crippen molar-refractivity contribution in [2.45, 2.75) is 0 Å². The van der Waals surface area contributed by atoms with Crippen molar-refractivity contribution in [1.29, 1.82) is 0 Å². The summed E-state index contributed by atoms with van der Waals surface area (Å²) < 4.78 is 0. The van der Waals surface area contributed by atoms with Crippen LogP contribution in [0, 0.1) is 0 Å². The third-order valence-corrected chi connectivity index (χ3v) is 4.15. The summed E-state index contributed by atoms with van der Waals surface area (Å²) in [4.78, 5) is 28.8. The second-order valence-corrected chi connectivity index (χ2v) is 5.94. The number of pyridine rings is 1. The normalized spacial score (nSPS) is 10.7. The van der Waals surface area contributed by atoms with E-state index >= 15 is 0 Å². The highest BCUT2D eigenvalue weighted by atomic mass is 32.1. The number of rotatable bonds is 5.